The van der Waals surface area contributed by atoms with Gasteiger partial charge in [0, 0.05) is 16.3 Å². The molecule has 0 amide bonds. The zero-order chi connectivity index (χ0) is 11.7. The summed E-state index contributed by atoms with van der Waals surface area (Å²) in [5.74, 6) is 0. The van der Waals surface area contributed by atoms with Gasteiger partial charge in [0.2, 0.25) is 5.71 Å². The van der Waals surface area contributed by atoms with Gasteiger partial charge >= 0.3 is 0 Å². The molecule has 0 aliphatic heterocycles. The van der Waals surface area contributed by atoms with Crippen molar-refractivity contribution in [1.82, 2.24) is 4.98 Å². The molecule has 0 unspecified atom stereocenters. The Morgan fingerprint density at radius 3 is 2.81 bits per heavy atom. The Hall–Kier alpha value is -1.83. The molecule has 0 spiro atoms. The Labute approximate surface area is 94.6 Å². The maximum atomic E-state index is 5.53. The molecule has 0 radical (unpaired) electrons. The maximum absolute atomic E-state index is 5.53. The van der Waals surface area contributed by atoms with Gasteiger partial charge in [0.15, 0.2) is 0 Å². The summed E-state index contributed by atoms with van der Waals surface area (Å²) in [6.45, 7) is 9.97. The van der Waals surface area contributed by atoms with Gasteiger partial charge in [-0.2, -0.15) is 0 Å². The molecule has 2 rings (SSSR count). The average Bonchev–Trinajstić information content (AvgIpc) is 2.50. The highest BCUT2D eigenvalue weighted by Crippen LogP contribution is 2.06. The number of hydrogen-bond acceptors (Lipinski definition) is 2. The number of hydrogen-bond donors (Lipinski definition) is 0. The molecule has 0 aliphatic rings. The molecule has 0 N–H and O–H groups in total. The first-order chi connectivity index (χ1) is 7.58. The van der Waals surface area contributed by atoms with Crippen LogP contribution in [0.25, 0.3) is 23.8 Å². The second kappa shape index (κ2) is 3.97. The lowest BCUT2D eigenvalue weighted by Gasteiger charge is -1.89. The number of nitrogens with zero attached hydrogens (tertiary/aromatic N) is 1. The molecule has 0 atom stereocenters. The van der Waals surface area contributed by atoms with Crippen LogP contribution in [0.2, 0.25) is 0 Å². The van der Waals surface area contributed by atoms with Crippen LogP contribution in [0.15, 0.2) is 28.2 Å². The number of aryl methyl sites for hydroxylation is 1. The zero-order valence-corrected chi connectivity index (χ0v) is 9.87. The van der Waals surface area contributed by atoms with E-state index in [1.807, 2.05) is 25.1 Å². The van der Waals surface area contributed by atoms with E-state index in [4.69, 9.17) is 4.42 Å². The third kappa shape index (κ3) is 1.91. The summed E-state index contributed by atoms with van der Waals surface area (Å²) in [5, 5.41) is 2.04. The lowest BCUT2D eigenvalue weighted by molar-refractivity contribution is 0.565. The summed E-state index contributed by atoms with van der Waals surface area (Å²) in [6.07, 6.45) is 4.08. The standard InChI is InChI=1S/C14H15NO/c1-9(2)5-7-12-11(4)16-14-13(12)8-6-10(3)15-14/h5-8H,4H2,1-3H3/b12-7+. The van der Waals surface area contributed by atoms with Gasteiger partial charge in [-0.15, -0.1) is 0 Å². The summed E-state index contributed by atoms with van der Waals surface area (Å²) in [6, 6.07) is 4.01. The molecule has 82 valence electrons. The minimum absolute atomic E-state index is 0.665. The zero-order valence-electron chi connectivity index (χ0n) is 9.87. The van der Waals surface area contributed by atoms with Crippen molar-refractivity contribution in [3.63, 3.8) is 0 Å². The van der Waals surface area contributed by atoms with Crippen molar-refractivity contribution in [2.45, 2.75) is 20.8 Å². The lowest BCUT2D eigenvalue weighted by atomic mass is 10.2. The highest BCUT2D eigenvalue weighted by atomic mass is 16.3. The van der Waals surface area contributed by atoms with Crippen LogP contribution in [-0.2, 0) is 0 Å². The Kier molecular flexibility index (Phi) is 2.65. The van der Waals surface area contributed by atoms with Crippen molar-refractivity contribution in [3.05, 3.63) is 40.1 Å². The van der Waals surface area contributed by atoms with Gasteiger partial charge in [-0.05, 0) is 32.9 Å². The maximum Gasteiger partial charge on any atom is 0.227 e. The lowest BCUT2D eigenvalue weighted by Crippen LogP contribution is -2.17. The normalized spacial score (nSPS) is 12.1. The molecule has 0 bridgehead atoms. The first kappa shape index (κ1) is 10.7. The summed E-state index contributed by atoms with van der Waals surface area (Å²) >= 11 is 0. The molecule has 16 heavy (non-hydrogen) atoms. The molecule has 2 nitrogen and oxygen atoms in total. The second-order valence-electron chi connectivity index (χ2n) is 4.15. The Morgan fingerprint density at radius 1 is 1.38 bits per heavy atom. The number of furan rings is 1. The van der Waals surface area contributed by atoms with Crippen LogP contribution in [-0.4, -0.2) is 4.98 Å². The van der Waals surface area contributed by atoms with E-state index in [0.29, 0.717) is 11.1 Å². The first-order valence-corrected chi connectivity index (χ1v) is 5.28. The van der Waals surface area contributed by atoms with Crippen molar-refractivity contribution in [2.24, 2.45) is 0 Å². The number of allylic oxidation sites excluding steroid dienone is 2. The largest absolute Gasteiger partial charge is 0.438 e. The molecular formula is C14H15NO. The van der Waals surface area contributed by atoms with Gasteiger partial charge in [0.25, 0.3) is 0 Å². The van der Waals surface area contributed by atoms with E-state index in [1.54, 1.807) is 0 Å². The number of fused-ring (bicyclic) bond motifs is 1. The van der Waals surface area contributed by atoms with Gasteiger partial charge < -0.3 is 4.42 Å². The monoisotopic (exact) mass is 213 g/mol. The predicted molar refractivity (Wildman–Crippen MR) is 67.4 cm³/mol. The molecule has 2 heterocycles. The molecule has 0 aliphatic carbocycles. The van der Waals surface area contributed by atoms with Gasteiger partial charge in [0.05, 0.1) is 0 Å². The van der Waals surface area contributed by atoms with E-state index in [-0.39, 0.29) is 0 Å². The van der Waals surface area contributed by atoms with Crippen LogP contribution in [0.5, 0.6) is 0 Å². The molecule has 0 aromatic carbocycles. The second-order valence-corrected chi connectivity index (χ2v) is 4.15. The minimum Gasteiger partial charge on any atom is -0.438 e. The predicted octanol–water partition coefficient (Wildman–Crippen LogP) is 2.29. The Balaban J connectivity index is 2.80. The van der Waals surface area contributed by atoms with Gasteiger partial charge in [-0.25, -0.2) is 4.98 Å². The highest BCUT2D eigenvalue weighted by molar-refractivity contribution is 5.76. The summed E-state index contributed by atoms with van der Waals surface area (Å²) in [4.78, 5) is 4.34. The van der Waals surface area contributed by atoms with Crippen LogP contribution in [0, 0.1) is 6.92 Å². The average molecular weight is 213 g/mol. The topological polar surface area (TPSA) is 26.0 Å². The van der Waals surface area contributed by atoms with Crippen molar-refractivity contribution < 1.29 is 4.42 Å². The van der Waals surface area contributed by atoms with E-state index < -0.39 is 0 Å². The summed E-state index contributed by atoms with van der Waals surface area (Å²) < 4.78 is 5.53. The summed E-state index contributed by atoms with van der Waals surface area (Å²) in [5.41, 5.74) is 3.54. The van der Waals surface area contributed by atoms with Crippen LogP contribution >= 0.6 is 0 Å². The van der Waals surface area contributed by atoms with E-state index in [1.165, 1.54) is 5.57 Å². The van der Waals surface area contributed by atoms with E-state index in [2.05, 4.69) is 31.5 Å². The quantitative estimate of drug-likeness (QED) is 0.726. The number of aromatic nitrogens is 1. The first-order valence-electron chi connectivity index (χ1n) is 5.28. The van der Waals surface area contributed by atoms with Gasteiger partial charge in [-0.1, -0.05) is 24.3 Å². The highest BCUT2D eigenvalue weighted by Gasteiger charge is 2.02. The minimum atomic E-state index is 0.665. The fraction of sp³-hybridized carbons (Fsp3) is 0.214. The smallest absolute Gasteiger partial charge is 0.227 e. The van der Waals surface area contributed by atoms with Crippen molar-refractivity contribution in [3.8, 4) is 0 Å². The third-order valence-electron chi connectivity index (χ3n) is 2.39. The molecule has 2 aromatic heterocycles. The molecular weight excluding hydrogens is 198 g/mol. The molecule has 0 saturated heterocycles. The van der Waals surface area contributed by atoms with Crippen molar-refractivity contribution >= 4 is 23.8 Å². The third-order valence-corrected chi connectivity index (χ3v) is 2.39. The molecule has 2 aromatic rings. The summed E-state index contributed by atoms with van der Waals surface area (Å²) in [7, 11) is 0. The SMILES string of the molecule is C=c1oc2nc(C)ccc2/c1=C/C=C(C)C. The van der Waals surface area contributed by atoms with E-state index >= 15 is 0 Å². The van der Waals surface area contributed by atoms with Crippen molar-refractivity contribution in [2.75, 3.05) is 0 Å². The number of pyridine rings is 1. The van der Waals surface area contributed by atoms with Gasteiger partial charge in [-0.3, -0.25) is 0 Å². The van der Waals surface area contributed by atoms with Gasteiger partial charge in [0.1, 0.15) is 5.42 Å². The van der Waals surface area contributed by atoms with E-state index in [9.17, 15) is 0 Å². The Morgan fingerprint density at radius 2 is 2.12 bits per heavy atom. The molecule has 0 fully saturated rings. The van der Waals surface area contributed by atoms with Crippen LogP contribution in [0.4, 0.5) is 0 Å². The fourth-order valence-corrected chi connectivity index (χ4v) is 1.57. The Bertz CT molecular complexity index is 658. The van der Waals surface area contributed by atoms with Crippen LogP contribution in [0.3, 0.4) is 0 Å². The fourth-order valence-electron chi connectivity index (χ4n) is 1.57. The molecule has 2 heteroatoms. The molecule has 0 saturated carbocycles. The number of rotatable bonds is 1. The van der Waals surface area contributed by atoms with Crippen molar-refractivity contribution in [1.29, 1.82) is 0 Å². The van der Waals surface area contributed by atoms with E-state index in [0.717, 1.165) is 16.3 Å². The van der Waals surface area contributed by atoms with Crippen LogP contribution < -0.4 is 10.6 Å². The van der Waals surface area contributed by atoms with Crippen LogP contribution in [0.1, 0.15) is 19.5 Å².